The van der Waals surface area contributed by atoms with Crippen LogP contribution in [0.1, 0.15) is 37.6 Å². The molecule has 0 radical (unpaired) electrons. The Morgan fingerprint density at radius 2 is 1.91 bits per heavy atom. The fourth-order valence-electron chi connectivity index (χ4n) is 2.65. The lowest BCUT2D eigenvalue weighted by Crippen LogP contribution is -2.26. The van der Waals surface area contributed by atoms with E-state index in [1.54, 1.807) is 0 Å². The minimum atomic E-state index is -0.0393. The van der Waals surface area contributed by atoms with Crippen LogP contribution in [0.4, 0.5) is 5.82 Å². The Balaban J connectivity index is 2.09. The van der Waals surface area contributed by atoms with E-state index < -0.39 is 0 Å². The molecule has 0 spiro atoms. The number of hydrogen-bond acceptors (Lipinski definition) is 3. The lowest BCUT2D eigenvalue weighted by atomic mass is 10.2. The molecule has 0 atom stereocenters. The number of anilines is 1. The molecule has 2 aromatic rings. The van der Waals surface area contributed by atoms with Crippen LogP contribution in [0.3, 0.4) is 0 Å². The molecule has 0 aromatic carbocycles. The van der Waals surface area contributed by atoms with E-state index in [4.69, 9.17) is 4.74 Å². The third kappa shape index (κ3) is 4.26. The molecule has 2 rings (SSSR count). The van der Waals surface area contributed by atoms with Gasteiger partial charge >= 0.3 is 0 Å². The summed E-state index contributed by atoms with van der Waals surface area (Å²) in [7, 11) is 0. The zero-order valence-corrected chi connectivity index (χ0v) is 14.3. The number of ether oxygens (including phenoxy) is 1. The van der Waals surface area contributed by atoms with Gasteiger partial charge < -0.3 is 19.4 Å². The maximum atomic E-state index is 12.3. The molecule has 0 aliphatic rings. The normalized spacial score (nSPS) is 10.9. The quantitative estimate of drug-likeness (QED) is 0.723. The lowest BCUT2D eigenvalue weighted by molar-refractivity contribution is 0.0944. The molecule has 0 saturated carbocycles. The van der Waals surface area contributed by atoms with E-state index in [1.807, 2.05) is 25.3 Å². The SMILES string of the molecule is CCOCCCNC(=O)c1ccc2ccc(N(CC)CC)n2c1. The summed E-state index contributed by atoms with van der Waals surface area (Å²) >= 11 is 0. The van der Waals surface area contributed by atoms with Gasteiger partial charge in [0.05, 0.1) is 5.56 Å². The summed E-state index contributed by atoms with van der Waals surface area (Å²) in [6.07, 6.45) is 2.75. The number of hydrogen-bond donors (Lipinski definition) is 1. The number of pyridine rings is 1. The van der Waals surface area contributed by atoms with E-state index in [0.717, 1.165) is 30.8 Å². The number of fused-ring (bicyclic) bond motifs is 1. The number of carbonyl (C=O) groups excluding carboxylic acids is 1. The second-order valence-electron chi connectivity index (χ2n) is 5.38. The Hall–Kier alpha value is -2.01. The van der Waals surface area contributed by atoms with Crippen LogP contribution in [-0.2, 0) is 4.74 Å². The standard InChI is InChI=1S/C18H27N3O2/c1-4-20(5-2)17-11-10-16-9-8-15(14-21(16)17)18(22)19-12-7-13-23-6-3/h8-11,14H,4-7,12-13H2,1-3H3,(H,19,22). The van der Waals surface area contributed by atoms with Crippen molar-refractivity contribution in [3.8, 4) is 0 Å². The second-order valence-corrected chi connectivity index (χ2v) is 5.38. The van der Waals surface area contributed by atoms with Crippen molar-refractivity contribution in [3.63, 3.8) is 0 Å². The lowest BCUT2D eigenvalue weighted by Gasteiger charge is -2.20. The first-order chi connectivity index (χ1) is 11.2. The van der Waals surface area contributed by atoms with Gasteiger partial charge in [-0.05, 0) is 51.5 Å². The van der Waals surface area contributed by atoms with Crippen LogP contribution in [0.15, 0.2) is 30.5 Å². The monoisotopic (exact) mass is 317 g/mol. The number of nitrogens with zero attached hydrogens (tertiary/aromatic N) is 2. The molecular formula is C18H27N3O2. The largest absolute Gasteiger partial charge is 0.382 e. The highest BCUT2D eigenvalue weighted by Gasteiger charge is 2.11. The van der Waals surface area contributed by atoms with Crippen LogP contribution in [0.5, 0.6) is 0 Å². The maximum absolute atomic E-state index is 12.3. The Labute approximate surface area is 138 Å². The third-order valence-corrected chi connectivity index (χ3v) is 3.93. The third-order valence-electron chi connectivity index (χ3n) is 3.93. The summed E-state index contributed by atoms with van der Waals surface area (Å²) in [5.74, 6) is 1.08. The number of nitrogens with one attached hydrogen (secondary N) is 1. The molecule has 5 heteroatoms. The Kier molecular flexibility index (Phi) is 6.47. The fraction of sp³-hybridized carbons (Fsp3) is 0.500. The molecule has 0 fully saturated rings. The number of carbonyl (C=O) groups is 1. The first kappa shape index (κ1) is 17.3. The van der Waals surface area contributed by atoms with E-state index >= 15 is 0 Å². The summed E-state index contributed by atoms with van der Waals surface area (Å²) in [6.45, 7) is 10.2. The first-order valence-corrected chi connectivity index (χ1v) is 8.43. The van der Waals surface area contributed by atoms with Crippen LogP contribution >= 0.6 is 0 Å². The van der Waals surface area contributed by atoms with Gasteiger partial charge in [0.25, 0.3) is 5.91 Å². The van der Waals surface area contributed by atoms with E-state index in [0.29, 0.717) is 25.3 Å². The predicted molar refractivity (Wildman–Crippen MR) is 94.4 cm³/mol. The van der Waals surface area contributed by atoms with Crippen molar-refractivity contribution in [1.82, 2.24) is 9.72 Å². The highest BCUT2D eigenvalue weighted by atomic mass is 16.5. The molecule has 0 unspecified atom stereocenters. The van der Waals surface area contributed by atoms with Crippen molar-refractivity contribution >= 4 is 17.2 Å². The number of amides is 1. The van der Waals surface area contributed by atoms with Crippen molar-refractivity contribution in [1.29, 1.82) is 0 Å². The average molecular weight is 317 g/mol. The van der Waals surface area contributed by atoms with Gasteiger partial charge in [-0.2, -0.15) is 0 Å². The predicted octanol–water partition coefficient (Wildman–Crippen LogP) is 2.94. The molecule has 1 N–H and O–H groups in total. The molecule has 1 amide bonds. The van der Waals surface area contributed by atoms with Crippen LogP contribution < -0.4 is 10.2 Å². The number of rotatable bonds is 9. The summed E-state index contributed by atoms with van der Waals surface area (Å²) in [5, 5.41) is 2.95. The fourth-order valence-corrected chi connectivity index (χ4v) is 2.65. The molecule has 126 valence electrons. The minimum Gasteiger partial charge on any atom is -0.382 e. The van der Waals surface area contributed by atoms with Crippen molar-refractivity contribution in [2.24, 2.45) is 0 Å². The molecular weight excluding hydrogens is 290 g/mol. The minimum absolute atomic E-state index is 0.0393. The van der Waals surface area contributed by atoms with Crippen LogP contribution in [0.2, 0.25) is 0 Å². The van der Waals surface area contributed by atoms with Gasteiger partial charge in [-0.25, -0.2) is 0 Å². The summed E-state index contributed by atoms with van der Waals surface area (Å²) in [4.78, 5) is 14.6. The van der Waals surface area contributed by atoms with Crippen molar-refractivity contribution in [2.45, 2.75) is 27.2 Å². The zero-order chi connectivity index (χ0) is 16.7. The van der Waals surface area contributed by atoms with E-state index in [9.17, 15) is 4.79 Å². The van der Waals surface area contributed by atoms with Crippen LogP contribution in [0.25, 0.3) is 5.52 Å². The molecule has 5 nitrogen and oxygen atoms in total. The topological polar surface area (TPSA) is 46.0 Å². The molecule has 23 heavy (non-hydrogen) atoms. The van der Waals surface area contributed by atoms with Gasteiger partial charge in [0.15, 0.2) is 0 Å². The van der Waals surface area contributed by atoms with Gasteiger partial charge in [0.2, 0.25) is 0 Å². The Morgan fingerprint density at radius 1 is 1.17 bits per heavy atom. The second kappa shape index (κ2) is 8.58. The van der Waals surface area contributed by atoms with Crippen LogP contribution in [0, 0.1) is 0 Å². The summed E-state index contributed by atoms with van der Waals surface area (Å²) < 4.78 is 7.36. The highest BCUT2D eigenvalue weighted by Crippen LogP contribution is 2.20. The molecule has 2 aromatic heterocycles. The van der Waals surface area contributed by atoms with Gasteiger partial charge in [-0.3, -0.25) is 4.79 Å². The van der Waals surface area contributed by atoms with E-state index in [-0.39, 0.29) is 5.91 Å². The molecule has 0 aliphatic carbocycles. The van der Waals surface area contributed by atoms with Crippen molar-refractivity contribution < 1.29 is 9.53 Å². The summed E-state index contributed by atoms with van der Waals surface area (Å²) in [5.41, 5.74) is 1.78. The maximum Gasteiger partial charge on any atom is 0.252 e. The van der Waals surface area contributed by atoms with E-state index in [1.165, 1.54) is 0 Å². The molecule has 0 bridgehead atoms. The van der Waals surface area contributed by atoms with Crippen molar-refractivity contribution in [2.75, 3.05) is 37.7 Å². The summed E-state index contributed by atoms with van der Waals surface area (Å²) in [6, 6.07) is 8.05. The van der Waals surface area contributed by atoms with Gasteiger partial charge in [-0.1, -0.05) is 0 Å². The van der Waals surface area contributed by atoms with Crippen molar-refractivity contribution in [3.05, 3.63) is 36.0 Å². The molecule has 2 heterocycles. The first-order valence-electron chi connectivity index (χ1n) is 8.43. The van der Waals surface area contributed by atoms with Gasteiger partial charge in [0.1, 0.15) is 5.82 Å². The van der Waals surface area contributed by atoms with Crippen LogP contribution in [-0.4, -0.2) is 43.2 Å². The van der Waals surface area contributed by atoms with Gasteiger partial charge in [0, 0.05) is 44.6 Å². The molecule has 0 saturated heterocycles. The zero-order valence-electron chi connectivity index (χ0n) is 14.3. The Bertz CT molecular complexity index is 632. The smallest absolute Gasteiger partial charge is 0.252 e. The number of aromatic nitrogens is 1. The Morgan fingerprint density at radius 3 is 2.61 bits per heavy atom. The molecule has 0 aliphatic heterocycles. The highest BCUT2D eigenvalue weighted by molar-refractivity contribution is 5.94. The van der Waals surface area contributed by atoms with E-state index in [2.05, 4.69) is 40.6 Å². The average Bonchev–Trinajstić information content (AvgIpc) is 2.99. The van der Waals surface area contributed by atoms with Gasteiger partial charge in [-0.15, -0.1) is 0 Å².